The second-order valence-corrected chi connectivity index (χ2v) is 4.23. The molecule has 4 nitrogen and oxygen atoms in total. The average molecular weight is 213 g/mol. The van der Waals surface area contributed by atoms with E-state index in [9.17, 15) is 0 Å². The predicted molar refractivity (Wildman–Crippen MR) is 59.5 cm³/mol. The van der Waals surface area contributed by atoms with Gasteiger partial charge >= 0.3 is 0 Å². The lowest BCUT2D eigenvalue weighted by Crippen LogP contribution is -2.44. The minimum absolute atomic E-state index is 0.0355. The van der Waals surface area contributed by atoms with Crippen molar-refractivity contribution < 1.29 is 5.11 Å². The van der Waals surface area contributed by atoms with Crippen LogP contribution in [0.25, 0.3) is 0 Å². The van der Waals surface area contributed by atoms with Crippen LogP contribution in [0.5, 0.6) is 0 Å². The first kappa shape index (κ1) is 9.86. The summed E-state index contributed by atoms with van der Waals surface area (Å²) in [5, 5.41) is 15.8. The van der Waals surface area contributed by atoms with Gasteiger partial charge in [-0.25, -0.2) is 0 Å². The molecule has 0 bridgehead atoms. The van der Waals surface area contributed by atoms with Crippen molar-refractivity contribution in [3.05, 3.63) is 0 Å². The maximum Gasteiger partial charge on any atom is 0.172 e. The van der Waals surface area contributed by atoms with Gasteiger partial charge in [-0.1, -0.05) is 12.8 Å². The molecule has 0 aromatic heterocycles. The minimum atomic E-state index is -0.0355. The summed E-state index contributed by atoms with van der Waals surface area (Å²) in [6, 6.07) is 0. The van der Waals surface area contributed by atoms with Gasteiger partial charge in [0, 0.05) is 0 Å². The fourth-order valence-corrected chi connectivity index (χ4v) is 2.52. The first-order valence-corrected chi connectivity index (χ1v) is 5.43. The molecular formula is C9H15N3OS. The van der Waals surface area contributed by atoms with Crippen molar-refractivity contribution in [3.63, 3.8) is 0 Å². The van der Waals surface area contributed by atoms with Gasteiger partial charge in [-0.05, 0) is 25.1 Å². The van der Waals surface area contributed by atoms with Crippen LogP contribution in [0.4, 0.5) is 0 Å². The van der Waals surface area contributed by atoms with Gasteiger partial charge in [0.2, 0.25) is 0 Å². The fourth-order valence-electron chi connectivity index (χ4n) is 2.23. The van der Waals surface area contributed by atoms with Crippen LogP contribution in [0.1, 0.15) is 25.7 Å². The van der Waals surface area contributed by atoms with Crippen molar-refractivity contribution in [3.8, 4) is 0 Å². The van der Waals surface area contributed by atoms with E-state index in [1.165, 1.54) is 12.8 Å². The Bertz CT molecular complexity index is 271. The van der Waals surface area contributed by atoms with Crippen LogP contribution in [0.2, 0.25) is 0 Å². The number of rotatable bonds is 2. The molecule has 0 aromatic carbocycles. The second kappa shape index (κ2) is 3.82. The summed E-state index contributed by atoms with van der Waals surface area (Å²) in [7, 11) is 0. The van der Waals surface area contributed by atoms with Gasteiger partial charge in [0.15, 0.2) is 5.11 Å². The molecule has 1 aliphatic carbocycles. The smallest absolute Gasteiger partial charge is 0.172 e. The molecule has 1 heterocycles. The van der Waals surface area contributed by atoms with Crippen molar-refractivity contribution in [2.45, 2.75) is 31.2 Å². The largest absolute Gasteiger partial charge is 0.394 e. The van der Waals surface area contributed by atoms with E-state index >= 15 is 0 Å². The Labute approximate surface area is 88.8 Å². The van der Waals surface area contributed by atoms with E-state index in [1.54, 1.807) is 0 Å². The highest BCUT2D eigenvalue weighted by molar-refractivity contribution is 7.80. The van der Waals surface area contributed by atoms with Crippen molar-refractivity contribution in [2.24, 2.45) is 4.99 Å². The lowest BCUT2D eigenvalue weighted by molar-refractivity contribution is 0.306. The number of nitrogens with one attached hydrogen (secondary N) is 2. The van der Waals surface area contributed by atoms with Crippen molar-refractivity contribution >= 4 is 23.2 Å². The topological polar surface area (TPSA) is 56.7 Å². The minimum Gasteiger partial charge on any atom is -0.394 e. The summed E-state index contributed by atoms with van der Waals surface area (Å²) in [6.07, 6.45) is 4.61. The van der Waals surface area contributed by atoms with Crippen LogP contribution in [0.3, 0.4) is 0 Å². The number of nitrogens with zero attached hydrogens (tertiary/aromatic N) is 1. The third-order valence-electron chi connectivity index (χ3n) is 2.87. The molecule has 1 aliphatic heterocycles. The van der Waals surface area contributed by atoms with E-state index in [4.69, 9.17) is 17.3 Å². The SMILES string of the molecule is OCCN=C1NC(=S)NC12CCCC2. The number of aliphatic imine (C=N–C) groups is 1. The van der Waals surface area contributed by atoms with Crippen LogP contribution in [-0.2, 0) is 0 Å². The summed E-state index contributed by atoms with van der Waals surface area (Å²) in [4.78, 5) is 4.33. The maximum absolute atomic E-state index is 8.74. The van der Waals surface area contributed by atoms with Gasteiger partial charge in [-0.3, -0.25) is 4.99 Å². The van der Waals surface area contributed by atoms with Crippen LogP contribution in [-0.4, -0.2) is 34.7 Å². The van der Waals surface area contributed by atoms with E-state index in [0.717, 1.165) is 18.7 Å². The number of thiocarbonyl (C=S) groups is 1. The Kier molecular flexibility index (Phi) is 2.69. The first-order chi connectivity index (χ1) is 6.77. The molecule has 3 N–H and O–H groups in total. The van der Waals surface area contributed by atoms with Gasteiger partial charge < -0.3 is 15.7 Å². The third-order valence-corrected chi connectivity index (χ3v) is 3.07. The molecule has 0 atom stereocenters. The van der Waals surface area contributed by atoms with Crippen molar-refractivity contribution in [1.82, 2.24) is 10.6 Å². The van der Waals surface area contributed by atoms with Crippen molar-refractivity contribution in [2.75, 3.05) is 13.2 Å². The fraction of sp³-hybridized carbons (Fsp3) is 0.778. The van der Waals surface area contributed by atoms with E-state index in [-0.39, 0.29) is 12.1 Å². The maximum atomic E-state index is 8.74. The number of aliphatic hydroxyl groups is 1. The van der Waals surface area contributed by atoms with Gasteiger partial charge in [0.1, 0.15) is 5.84 Å². The number of aliphatic hydroxyl groups excluding tert-OH is 1. The lowest BCUT2D eigenvalue weighted by atomic mass is 9.98. The second-order valence-electron chi connectivity index (χ2n) is 3.82. The third kappa shape index (κ3) is 1.62. The highest BCUT2D eigenvalue weighted by atomic mass is 32.1. The van der Waals surface area contributed by atoms with E-state index in [0.29, 0.717) is 11.7 Å². The van der Waals surface area contributed by atoms with Gasteiger partial charge in [-0.2, -0.15) is 0 Å². The Hall–Kier alpha value is -0.680. The van der Waals surface area contributed by atoms with E-state index in [2.05, 4.69) is 15.6 Å². The summed E-state index contributed by atoms with van der Waals surface area (Å²) < 4.78 is 0. The zero-order valence-corrected chi connectivity index (χ0v) is 8.86. The number of hydrogen-bond acceptors (Lipinski definition) is 3. The van der Waals surface area contributed by atoms with Crippen LogP contribution < -0.4 is 10.6 Å². The normalized spacial score (nSPS) is 26.9. The summed E-state index contributed by atoms with van der Waals surface area (Å²) >= 11 is 5.09. The molecule has 2 rings (SSSR count). The zero-order chi connectivity index (χ0) is 10.0. The monoisotopic (exact) mass is 213 g/mol. The molecule has 1 spiro atoms. The molecular weight excluding hydrogens is 198 g/mol. The summed E-state index contributed by atoms with van der Waals surface area (Å²) in [5.41, 5.74) is -0.0355. The first-order valence-electron chi connectivity index (χ1n) is 5.02. The molecule has 2 fully saturated rings. The Morgan fingerprint density at radius 3 is 2.79 bits per heavy atom. The van der Waals surface area contributed by atoms with Crippen LogP contribution in [0.15, 0.2) is 4.99 Å². The Morgan fingerprint density at radius 1 is 1.43 bits per heavy atom. The van der Waals surface area contributed by atoms with E-state index < -0.39 is 0 Å². The molecule has 0 unspecified atom stereocenters. The number of amidine groups is 1. The van der Waals surface area contributed by atoms with Crippen molar-refractivity contribution in [1.29, 1.82) is 0 Å². The molecule has 0 amide bonds. The van der Waals surface area contributed by atoms with Gasteiger partial charge in [0.25, 0.3) is 0 Å². The average Bonchev–Trinajstić information content (AvgIpc) is 2.72. The lowest BCUT2D eigenvalue weighted by Gasteiger charge is -2.22. The molecule has 5 heteroatoms. The molecule has 78 valence electrons. The van der Waals surface area contributed by atoms with E-state index in [1.807, 2.05) is 0 Å². The van der Waals surface area contributed by atoms with Crippen LogP contribution >= 0.6 is 12.2 Å². The Morgan fingerprint density at radius 2 is 2.14 bits per heavy atom. The predicted octanol–water partition coefficient (Wildman–Crippen LogP) is 0.168. The molecule has 2 aliphatic rings. The zero-order valence-electron chi connectivity index (χ0n) is 8.05. The quantitative estimate of drug-likeness (QED) is 0.572. The van der Waals surface area contributed by atoms with Crippen LogP contribution in [0, 0.1) is 0 Å². The summed E-state index contributed by atoms with van der Waals surface area (Å²) in [5.74, 6) is 0.925. The highest BCUT2D eigenvalue weighted by Crippen LogP contribution is 2.32. The molecule has 0 aromatic rings. The molecule has 14 heavy (non-hydrogen) atoms. The highest BCUT2D eigenvalue weighted by Gasteiger charge is 2.44. The summed E-state index contributed by atoms with van der Waals surface area (Å²) in [6.45, 7) is 0.544. The molecule has 1 saturated heterocycles. The molecule has 1 saturated carbocycles. The van der Waals surface area contributed by atoms with Gasteiger partial charge in [-0.15, -0.1) is 0 Å². The number of hydrogen-bond donors (Lipinski definition) is 3. The Balaban J connectivity index is 2.17. The molecule has 0 radical (unpaired) electrons. The standard InChI is InChI=1S/C9H15N3OS/c13-6-5-10-7-9(3-1-2-4-9)12-8(14)11-7/h13H,1-6H2,(H2,10,11,12,14). The van der Waals surface area contributed by atoms with Gasteiger partial charge in [0.05, 0.1) is 18.7 Å².